The average Bonchev–Trinajstić information content (AvgIpc) is 3.34. The number of benzene rings is 2. The Labute approximate surface area is 190 Å². The number of carbonyl (C=O) groups excluding carboxylic acids is 3. The third-order valence-electron chi connectivity index (χ3n) is 4.58. The first-order chi connectivity index (χ1) is 16.5. The van der Waals surface area contributed by atoms with Crippen LogP contribution in [0.2, 0.25) is 0 Å². The zero-order chi connectivity index (χ0) is 23.5. The van der Waals surface area contributed by atoms with Crippen molar-refractivity contribution in [2.75, 3.05) is 0 Å². The highest BCUT2D eigenvalue weighted by Crippen LogP contribution is 2.27. The molecule has 1 saturated heterocycles. The number of aromatic nitrogens is 4. The van der Waals surface area contributed by atoms with Crippen LogP contribution < -0.4 is 20.1 Å². The molecule has 2 aromatic heterocycles. The van der Waals surface area contributed by atoms with Crippen LogP contribution in [0.4, 0.5) is 4.79 Å². The Morgan fingerprint density at radius 3 is 2.12 bits per heavy atom. The fourth-order valence-electron chi connectivity index (χ4n) is 3.00. The molecule has 2 N–H and O–H groups in total. The number of rotatable bonds is 6. The summed E-state index contributed by atoms with van der Waals surface area (Å²) < 4.78 is 16.5. The van der Waals surface area contributed by atoms with Crippen LogP contribution in [0.25, 0.3) is 23.0 Å². The predicted octanol–water partition coefficient (Wildman–Crippen LogP) is 2.10. The van der Waals surface area contributed by atoms with E-state index in [0.717, 1.165) is 0 Å². The van der Waals surface area contributed by atoms with E-state index in [1.165, 1.54) is 12.1 Å². The second kappa shape index (κ2) is 8.78. The number of carbonyl (C=O) groups is 3. The lowest BCUT2D eigenvalue weighted by atomic mass is 10.2. The van der Waals surface area contributed by atoms with Gasteiger partial charge in [-0.1, -0.05) is 5.16 Å². The van der Waals surface area contributed by atoms with Crippen LogP contribution in [0.15, 0.2) is 71.6 Å². The molecule has 1 fully saturated rings. The molecule has 2 aromatic carbocycles. The van der Waals surface area contributed by atoms with Gasteiger partial charge >= 0.3 is 6.03 Å². The fourth-order valence-corrected chi connectivity index (χ4v) is 3.00. The number of ether oxygens (including phenoxy) is 2. The number of amides is 4. The summed E-state index contributed by atoms with van der Waals surface area (Å²) in [4.78, 5) is 47.1. The minimum Gasteiger partial charge on any atom is -0.471 e. The van der Waals surface area contributed by atoms with E-state index in [1.807, 2.05) is 10.6 Å². The largest absolute Gasteiger partial charge is 0.471 e. The quantitative estimate of drug-likeness (QED) is 0.410. The maximum absolute atomic E-state index is 11.8. The highest BCUT2D eigenvalue weighted by Gasteiger charge is 2.36. The molecule has 0 aliphatic carbocycles. The number of imide groups is 2. The molecule has 0 saturated carbocycles. The second-order valence-corrected chi connectivity index (χ2v) is 6.92. The van der Waals surface area contributed by atoms with Crippen molar-refractivity contribution in [2.45, 2.75) is 6.10 Å². The van der Waals surface area contributed by atoms with Crippen molar-refractivity contribution in [1.82, 2.24) is 30.7 Å². The minimum absolute atomic E-state index is 0.252. The van der Waals surface area contributed by atoms with E-state index in [0.29, 0.717) is 34.5 Å². The van der Waals surface area contributed by atoms with E-state index in [4.69, 9.17) is 14.0 Å². The van der Waals surface area contributed by atoms with Crippen LogP contribution >= 0.6 is 0 Å². The molecule has 4 amide bonds. The molecule has 1 aliphatic rings. The number of urea groups is 1. The van der Waals surface area contributed by atoms with Crippen molar-refractivity contribution in [2.24, 2.45) is 0 Å². The number of hydrogen-bond donors (Lipinski definition) is 2. The summed E-state index contributed by atoms with van der Waals surface area (Å²) in [6.07, 6.45) is 3.18. The maximum Gasteiger partial charge on any atom is 0.328 e. The smallest absolute Gasteiger partial charge is 0.328 e. The summed E-state index contributed by atoms with van der Waals surface area (Å²) in [5.74, 6) is 0.291. The molecule has 168 valence electrons. The van der Waals surface area contributed by atoms with E-state index in [2.05, 4.69) is 20.1 Å². The fraction of sp³-hybridized carbons (Fsp3) is 0.0455. The SMILES string of the molecule is O=C1NC(=O)C(Oc2ccc(Oc3ccc(-c4nc(-c5cnccn5)no4)cc3)cc2)C(=O)N1. The van der Waals surface area contributed by atoms with Crippen LogP contribution in [0.5, 0.6) is 17.2 Å². The minimum atomic E-state index is -1.46. The van der Waals surface area contributed by atoms with Gasteiger partial charge in [0, 0.05) is 18.0 Å². The van der Waals surface area contributed by atoms with Crippen LogP contribution in [0.1, 0.15) is 0 Å². The lowest BCUT2D eigenvalue weighted by Gasteiger charge is -2.21. The van der Waals surface area contributed by atoms with Crippen molar-refractivity contribution < 1.29 is 28.4 Å². The van der Waals surface area contributed by atoms with Crippen molar-refractivity contribution in [3.63, 3.8) is 0 Å². The Morgan fingerprint density at radius 1 is 0.824 bits per heavy atom. The second-order valence-electron chi connectivity index (χ2n) is 6.92. The van der Waals surface area contributed by atoms with Gasteiger partial charge in [-0.25, -0.2) is 9.78 Å². The van der Waals surface area contributed by atoms with E-state index >= 15 is 0 Å². The Balaban J connectivity index is 1.22. The van der Waals surface area contributed by atoms with Gasteiger partial charge in [0.15, 0.2) is 0 Å². The summed E-state index contributed by atoms with van der Waals surface area (Å²) >= 11 is 0. The molecular formula is C22H14N6O6. The molecule has 12 heteroatoms. The van der Waals surface area contributed by atoms with Crippen molar-refractivity contribution in [1.29, 1.82) is 0 Å². The molecule has 5 rings (SSSR count). The third-order valence-corrected chi connectivity index (χ3v) is 4.58. The van der Waals surface area contributed by atoms with Gasteiger partial charge in [-0.05, 0) is 48.5 Å². The molecule has 0 spiro atoms. The summed E-state index contributed by atoms with van der Waals surface area (Å²) in [6, 6.07) is 12.4. The van der Waals surface area contributed by atoms with Gasteiger partial charge < -0.3 is 14.0 Å². The molecule has 0 atom stereocenters. The first-order valence-electron chi connectivity index (χ1n) is 9.86. The zero-order valence-corrected chi connectivity index (χ0v) is 17.2. The zero-order valence-electron chi connectivity index (χ0n) is 17.2. The third kappa shape index (κ3) is 4.41. The van der Waals surface area contributed by atoms with E-state index < -0.39 is 23.9 Å². The van der Waals surface area contributed by atoms with Gasteiger partial charge in [-0.3, -0.25) is 25.2 Å². The van der Waals surface area contributed by atoms with Gasteiger partial charge in [0.1, 0.15) is 22.9 Å². The van der Waals surface area contributed by atoms with Gasteiger partial charge in [0.05, 0.1) is 6.20 Å². The molecule has 0 unspecified atom stereocenters. The molecule has 3 heterocycles. The standard InChI is InChI=1S/C22H14N6O6/c29-19-17(20(30)27-22(31)26-19)33-15-7-5-14(6-8-15)32-13-3-1-12(2-4-13)21-25-18(28-34-21)16-11-23-9-10-24-16/h1-11,17H,(H2,26,27,29,30,31). The summed E-state index contributed by atoms with van der Waals surface area (Å²) in [5.41, 5.74) is 1.20. The molecule has 4 aromatic rings. The van der Waals surface area contributed by atoms with Gasteiger partial charge in [0.2, 0.25) is 5.82 Å². The molecule has 34 heavy (non-hydrogen) atoms. The highest BCUT2D eigenvalue weighted by molar-refractivity contribution is 6.18. The van der Waals surface area contributed by atoms with Crippen LogP contribution in [-0.2, 0) is 9.59 Å². The number of nitrogens with one attached hydrogen (secondary N) is 2. The normalized spacial score (nSPS) is 13.8. The maximum atomic E-state index is 11.8. The Morgan fingerprint density at radius 2 is 1.47 bits per heavy atom. The number of barbiturate groups is 1. The Bertz CT molecular complexity index is 1330. The predicted molar refractivity (Wildman–Crippen MR) is 113 cm³/mol. The first kappa shape index (κ1) is 20.8. The summed E-state index contributed by atoms with van der Waals surface area (Å²) in [7, 11) is 0. The first-order valence-corrected chi connectivity index (χ1v) is 9.86. The molecule has 12 nitrogen and oxygen atoms in total. The van der Waals surface area contributed by atoms with Crippen LogP contribution in [0, 0.1) is 0 Å². The van der Waals surface area contributed by atoms with Crippen molar-refractivity contribution in [3.8, 4) is 40.2 Å². The number of hydrogen-bond acceptors (Lipinski definition) is 10. The average molecular weight is 458 g/mol. The molecule has 0 bridgehead atoms. The summed E-state index contributed by atoms with van der Waals surface area (Å²) in [6.45, 7) is 0. The number of nitrogens with zero attached hydrogens (tertiary/aromatic N) is 4. The van der Waals surface area contributed by atoms with E-state index in [1.54, 1.807) is 55.0 Å². The lowest BCUT2D eigenvalue weighted by Crippen LogP contribution is -2.60. The van der Waals surface area contributed by atoms with E-state index in [-0.39, 0.29) is 5.75 Å². The highest BCUT2D eigenvalue weighted by atomic mass is 16.5. The Hall–Kier alpha value is -5.13. The van der Waals surface area contributed by atoms with Gasteiger partial charge in [0.25, 0.3) is 23.8 Å². The Kier molecular flexibility index (Phi) is 5.36. The summed E-state index contributed by atoms with van der Waals surface area (Å²) in [5, 5.41) is 7.86. The van der Waals surface area contributed by atoms with E-state index in [9.17, 15) is 14.4 Å². The monoisotopic (exact) mass is 458 g/mol. The molecular weight excluding hydrogens is 444 g/mol. The van der Waals surface area contributed by atoms with Crippen LogP contribution in [0.3, 0.4) is 0 Å². The van der Waals surface area contributed by atoms with Gasteiger partial charge in [-0.15, -0.1) is 0 Å². The molecule has 1 aliphatic heterocycles. The molecule has 0 radical (unpaired) electrons. The lowest BCUT2D eigenvalue weighted by molar-refractivity contribution is -0.139. The van der Waals surface area contributed by atoms with Gasteiger partial charge in [-0.2, -0.15) is 4.98 Å². The van der Waals surface area contributed by atoms with Crippen molar-refractivity contribution >= 4 is 17.8 Å². The topological polar surface area (TPSA) is 158 Å². The van der Waals surface area contributed by atoms with Crippen molar-refractivity contribution in [3.05, 3.63) is 67.1 Å². The van der Waals surface area contributed by atoms with Crippen LogP contribution in [-0.4, -0.2) is 44.1 Å².